The summed E-state index contributed by atoms with van der Waals surface area (Å²) in [6, 6.07) is -0.347. The number of rotatable bonds is 11. The quantitative estimate of drug-likeness (QED) is 0.534. The maximum absolute atomic E-state index is 12.2. The van der Waals surface area contributed by atoms with Gasteiger partial charge < -0.3 is 20.7 Å². The number of hydrogen-bond acceptors (Lipinski definition) is 4. The lowest BCUT2D eigenvalue weighted by molar-refractivity contribution is -0.128. The molecule has 136 valence electrons. The first-order chi connectivity index (χ1) is 10.8. The second-order valence-corrected chi connectivity index (χ2v) is 6.39. The molecule has 0 saturated carbocycles. The minimum Gasteiger partial charge on any atom is -0.379 e. The highest BCUT2D eigenvalue weighted by atomic mass is 16.5. The molecule has 0 bridgehead atoms. The molecule has 0 fully saturated rings. The summed E-state index contributed by atoms with van der Waals surface area (Å²) in [5.74, 6) is 0.128. The van der Waals surface area contributed by atoms with E-state index in [1.165, 1.54) is 0 Å². The van der Waals surface area contributed by atoms with Gasteiger partial charge in [-0.1, -0.05) is 41.0 Å². The number of carbonyl (C=O) groups excluding carboxylic acids is 2. The maximum atomic E-state index is 12.2. The lowest BCUT2D eigenvalue weighted by atomic mass is 9.93. The van der Waals surface area contributed by atoms with E-state index in [0.717, 1.165) is 12.8 Å². The van der Waals surface area contributed by atoms with E-state index >= 15 is 0 Å². The molecule has 23 heavy (non-hydrogen) atoms. The van der Waals surface area contributed by atoms with Crippen LogP contribution in [0.3, 0.4) is 0 Å². The summed E-state index contributed by atoms with van der Waals surface area (Å²) in [5.41, 5.74) is 0. The van der Waals surface area contributed by atoms with Gasteiger partial charge in [0.2, 0.25) is 11.8 Å². The molecule has 0 radical (unpaired) electrons. The van der Waals surface area contributed by atoms with Gasteiger partial charge in [0.1, 0.15) is 0 Å². The van der Waals surface area contributed by atoms with Crippen molar-refractivity contribution < 1.29 is 14.3 Å². The zero-order valence-corrected chi connectivity index (χ0v) is 15.7. The summed E-state index contributed by atoms with van der Waals surface area (Å²) in [6.07, 6.45) is 1.75. The number of hydrogen-bond donors (Lipinski definition) is 3. The first-order valence-electron chi connectivity index (χ1n) is 8.59. The van der Waals surface area contributed by atoms with Gasteiger partial charge in [-0.25, -0.2) is 0 Å². The highest BCUT2D eigenvalue weighted by Crippen LogP contribution is 2.15. The average Bonchev–Trinajstić information content (AvgIpc) is 2.52. The zero-order chi connectivity index (χ0) is 18.0. The van der Waals surface area contributed by atoms with Crippen molar-refractivity contribution >= 4 is 11.8 Å². The van der Waals surface area contributed by atoms with Crippen LogP contribution < -0.4 is 16.0 Å². The molecule has 0 heterocycles. The van der Waals surface area contributed by atoms with Gasteiger partial charge in [0.15, 0.2) is 0 Å². The maximum Gasteiger partial charge on any atom is 0.239 e. The van der Waals surface area contributed by atoms with Gasteiger partial charge in [-0.15, -0.1) is 0 Å². The molecule has 0 aliphatic rings. The number of ether oxygens (including phenoxy) is 1. The van der Waals surface area contributed by atoms with Gasteiger partial charge in [-0.05, 0) is 25.3 Å². The molecule has 6 nitrogen and oxygen atoms in total. The molecule has 6 heteroatoms. The Bertz CT molecular complexity index is 357. The van der Waals surface area contributed by atoms with E-state index in [9.17, 15) is 9.59 Å². The Labute approximate surface area is 141 Å². The Kier molecular flexibility index (Phi) is 10.8. The molecule has 2 amide bonds. The highest BCUT2D eigenvalue weighted by Gasteiger charge is 2.27. The van der Waals surface area contributed by atoms with Crippen molar-refractivity contribution in [3.63, 3.8) is 0 Å². The van der Waals surface area contributed by atoms with Crippen molar-refractivity contribution in [2.75, 3.05) is 20.7 Å². The second-order valence-electron chi connectivity index (χ2n) is 6.39. The predicted octanol–water partition coefficient (Wildman–Crippen LogP) is 1.30. The first-order valence-corrected chi connectivity index (χ1v) is 8.59. The number of likely N-dealkylation sites (N-methyl/N-ethyl adjacent to an activating group) is 1. The van der Waals surface area contributed by atoms with Gasteiger partial charge in [0.05, 0.1) is 24.7 Å². The van der Waals surface area contributed by atoms with Gasteiger partial charge in [-0.2, -0.15) is 0 Å². The number of nitrogens with one attached hydrogen (secondary N) is 3. The van der Waals surface area contributed by atoms with E-state index in [4.69, 9.17) is 4.74 Å². The number of amides is 2. The molecule has 3 N–H and O–H groups in total. The van der Waals surface area contributed by atoms with Crippen LogP contribution in [0.15, 0.2) is 0 Å². The Morgan fingerprint density at radius 2 is 1.70 bits per heavy atom. The fourth-order valence-electron chi connectivity index (χ4n) is 2.70. The van der Waals surface area contributed by atoms with Crippen molar-refractivity contribution in [1.82, 2.24) is 16.0 Å². The monoisotopic (exact) mass is 329 g/mol. The molecule has 0 saturated heterocycles. The summed E-state index contributed by atoms with van der Waals surface area (Å²) >= 11 is 0. The van der Waals surface area contributed by atoms with E-state index in [0.29, 0.717) is 5.92 Å². The lowest BCUT2D eigenvalue weighted by Gasteiger charge is -2.31. The summed E-state index contributed by atoms with van der Waals surface area (Å²) in [7, 11) is 3.41. The molecule has 0 rings (SSSR count). The van der Waals surface area contributed by atoms with Crippen molar-refractivity contribution in [3.05, 3.63) is 0 Å². The van der Waals surface area contributed by atoms with Crippen LogP contribution >= 0.6 is 0 Å². The summed E-state index contributed by atoms with van der Waals surface area (Å²) in [6.45, 7) is 10.1. The highest BCUT2D eigenvalue weighted by molar-refractivity contribution is 5.87. The molecule has 0 aliphatic carbocycles. The van der Waals surface area contributed by atoms with Crippen molar-refractivity contribution in [1.29, 1.82) is 0 Å². The smallest absolute Gasteiger partial charge is 0.239 e. The zero-order valence-electron chi connectivity index (χ0n) is 15.7. The largest absolute Gasteiger partial charge is 0.379 e. The van der Waals surface area contributed by atoms with Crippen LogP contribution in [-0.2, 0) is 14.3 Å². The van der Waals surface area contributed by atoms with Gasteiger partial charge in [0.25, 0.3) is 0 Å². The average molecular weight is 329 g/mol. The van der Waals surface area contributed by atoms with E-state index in [1.54, 1.807) is 14.2 Å². The third kappa shape index (κ3) is 7.31. The van der Waals surface area contributed by atoms with Gasteiger partial charge in [0, 0.05) is 7.11 Å². The molecular weight excluding hydrogens is 294 g/mol. The Morgan fingerprint density at radius 3 is 2.09 bits per heavy atom. The minimum absolute atomic E-state index is 0.0170. The van der Waals surface area contributed by atoms with Crippen molar-refractivity contribution in [2.24, 2.45) is 11.8 Å². The predicted molar refractivity (Wildman–Crippen MR) is 93.2 cm³/mol. The van der Waals surface area contributed by atoms with E-state index in [1.807, 2.05) is 20.8 Å². The normalized spacial score (nSPS) is 16.5. The third-order valence-corrected chi connectivity index (χ3v) is 4.37. The molecule has 0 aliphatic heterocycles. The molecule has 0 aromatic heterocycles. The lowest BCUT2D eigenvalue weighted by Crippen LogP contribution is -2.52. The molecule has 0 aromatic rings. The van der Waals surface area contributed by atoms with Crippen LogP contribution in [0.5, 0.6) is 0 Å². The summed E-state index contributed by atoms with van der Waals surface area (Å²) in [4.78, 5) is 24.3. The number of carbonyl (C=O) groups is 2. The Balaban J connectivity index is 4.62. The number of methoxy groups -OCH3 is 1. The van der Waals surface area contributed by atoms with Crippen LogP contribution in [0.2, 0.25) is 0 Å². The van der Waals surface area contributed by atoms with E-state index in [2.05, 4.69) is 29.8 Å². The van der Waals surface area contributed by atoms with Gasteiger partial charge >= 0.3 is 0 Å². The Hall–Kier alpha value is -1.14. The molecule has 0 aromatic carbocycles. The van der Waals surface area contributed by atoms with Crippen LogP contribution in [0, 0.1) is 11.8 Å². The molecular formula is C17H35N3O3. The first kappa shape index (κ1) is 21.9. The van der Waals surface area contributed by atoms with Crippen LogP contribution in [0.4, 0.5) is 0 Å². The SMILES string of the molecule is CCC(C)C(NC(=O)CNC(=O)C(NC)C(C)C)C(CC)OC. The molecule has 4 unspecified atom stereocenters. The minimum atomic E-state index is -0.296. The van der Waals surface area contributed by atoms with Crippen LogP contribution in [0.1, 0.15) is 47.5 Å². The second kappa shape index (κ2) is 11.4. The van der Waals surface area contributed by atoms with Gasteiger partial charge in [-0.3, -0.25) is 9.59 Å². The standard InChI is InChI=1S/C17H35N3O3/c1-8-12(5)16(13(9-2)23-7)20-14(21)10-19-17(22)15(18-6)11(3)4/h11-13,15-16,18H,8-10H2,1-7H3,(H,19,22)(H,20,21). The fourth-order valence-corrected chi connectivity index (χ4v) is 2.70. The van der Waals surface area contributed by atoms with E-state index < -0.39 is 0 Å². The summed E-state index contributed by atoms with van der Waals surface area (Å²) in [5, 5.41) is 8.68. The van der Waals surface area contributed by atoms with Crippen LogP contribution in [-0.4, -0.2) is 50.7 Å². The van der Waals surface area contributed by atoms with Crippen molar-refractivity contribution in [3.8, 4) is 0 Å². The fraction of sp³-hybridized carbons (Fsp3) is 0.882. The third-order valence-electron chi connectivity index (χ3n) is 4.37. The van der Waals surface area contributed by atoms with Crippen LogP contribution in [0.25, 0.3) is 0 Å². The Morgan fingerprint density at radius 1 is 1.09 bits per heavy atom. The van der Waals surface area contributed by atoms with E-state index in [-0.39, 0.29) is 42.5 Å². The summed E-state index contributed by atoms with van der Waals surface area (Å²) < 4.78 is 5.49. The molecule has 4 atom stereocenters. The topological polar surface area (TPSA) is 79.5 Å². The van der Waals surface area contributed by atoms with Crippen molar-refractivity contribution in [2.45, 2.75) is 65.6 Å². The molecule has 0 spiro atoms.